The molecule has 1 unspecified atom stereocenters. The summed E-state index contributed by atoms with van der Waals surface area (Å²) < 4.78 is 5.25. The van der Waals surface area contributed by atoms with E-state index >= 15 is 0 Å². The van der Waals surface area contributed by atoms with Crippen molar-refractivity contribution >= 4 is 11.6 Å². The van der Waals surface area contributed by atoms with E-state index in [1.165, 1.54) is 0 Å². The maximum absolute atomic E-state index is 10.3. The minimum atomic E-state index is -0.838. The summed E-state index contributed by atoms with van der Waals surface area (Å²) in [6.07, 6.45) is 0.623. The van der Waals surface area contributed by atoms with Crippen LogP contribution >= 0.6 is 0 Å². The quantitative estimate of drug-likeness (QED) is 0.484. The Hall–Kier alpha value is -1.44. The largest absolute Gasteiger partial charge is 0.386 e. The molecule has 2 heterocycles. The summed E-state index contributed by atoms with van der Waals surface area (Å²) in [5.41, 5.74) is 2.41. The van der Waals surface area contributed by atoms with Crippen molar-refractivity contribution in [2.45, 2.75) is 45.1 Å². The Labute approximate surface area is 125 Å². The average molecular weight is 295 g/mol. The molecule has 0 radical (unpaired) electrons. The van der Waals surface area contributed by atoms with Crippen LogP contribution in [-0.4, -0.2) is 40.4 Å². The Morgan fingerprint density at radius 2 is 2.00 bits per heavy atom. The second kappa shape index (κ2) is 5.75. The van der Waals surface area contributed by atoms with Crippen molar-refractivity contribution in [3.05, 3.63) is 11.4 Å². The average Bonchev–Trinajstić information content (AvgIpc) is 2.83. The summed E-state index contributed by atoms with van der Waals surface area (Å²) in [4.78, 5) is 9.02. The second-order valence-electron chi connectivity index (χ2n) is 6.64. The van der Waals surface area contributed by atoms with Crippen molar-refractivity contribution in [2.24, 2.45) is 5.84 Å². The number of rotatable bonds is 4. The van der Waals surface area contributed by atoms with Gasteiger partial charge in [-0.05, 0) is 6.92 Å². The van der Waals surface area contributed by atoms with Crippen LogP contribution in [0.25, 0.3) is 0 Å². The normalized spacial score (nSPS) is 22.4. The van der Waals surface area contributed by atoms with Gasteiger partial charge in [0, 0.05) is 30.6 Å². The van der Waals surface area contributed by atoms with E-state index in [1.807, 2.05) is 27.7 Å². The Bertz CT molecular complexity index is 507. The van der Waals surface area contributed by atoms with Crippen LogP contribution in [0.2, 0.25) is 0 Å². The van der Waals surface area contributed by atoms with Gasteiger partial charge >= 0.3 is 0 Å². The molecule has 0 aliphatic carbocycles. The van der Waals surface area contributed by atoms with Gasteiger partial charge in [0.05, 0.1) is 6.61 Å². The number of aliphatic hydroxyl groups is 1. The van der Waals surface area contributed by atoms with Crippen molar-refractivity contribution in [3.63, 3.8) is 0 Å². The van der Waals surface area contributed by atoms with Crippen molar-refractivity contribution in [3.8, 4) is 0 Å². The highest BCUT2D eigenvalue weighted by atomic mass is 16.5. The molecule has 1 aliphatic heterocycles. The topological polar surface area (TPSA) is 105 Å². The molecule has 1 saturated heterocycles. The van der Waals surface area contributed by atoms with Crippen LogP contribution in [0, 0.1) is 6.92 Å². The van der Waals surface area contributed by atoms with Crippen LogP contribution in [0.4, 0.5) is 11.6 Å². The zero-order valence-corrected chi connectivity index (χ0v) is 13.2. The van der Waals surface area contributed by atoms with Gasteiger partial charge in [-0.1, -0.05) is 20.8 Å². The molecule has 21 heavy (non-hydrogen) atoms. The molecule has 7 heteroatoms. The smallest absolute Gasteiger partial charge is 0.148 e. The molecule has 0 amide bonds. The lowest BCUT2D eigenvalue weighted by Crippen LogP contribution is -2.37. The van der Waals surface area contributed by atoms with Crippen LogP contribution in [0.15, 0.2) is 0 Å². The highest BCUT2D eigenvalue weighted by Gasteiger charge is 2.32. The van der Waals surface area contributed by atoms with E-state index in [9.17, 15) is 5.11 Å². The maximum Gasteiger partial charge on any atom is 0.148 e. The van der Waals surface area contributed by atoms with Gasteiger partial charge in [-0.3, -0.25) is 0 Å². The van der Waals surface area contributed by atoms with Crippen LogP contribution in [-0.2, 0) is 10.2 Å². The number of nitrogens with one attached hydrogen (secondary N) is 2. The third-order valence-corrected chi connectivity index (χ3v) is 3.62. The lowest BCUT2D eigenvalue weighted by molar-refractivity contribution is 0.0381. The SMILES string of the molecule is Cc1c(NN)nc(C(C)(C)C)nc1NCC1(O)CCOC1. The summed E-state index contributed by atoms with van der Waals surface area (Å²) in [6.45, 7) is 9.33. The standard InChI is InChI=1S/C14H25N5O2/c1-9-10(16-7-14(20)5-6-21-8-14)17-12(13(2,3)4)18-11(9)19-15/h20H,5-8,15H2,1-4H3,(H2,16,17,18,19). The van der Waals surface area contributed by atoms with Crippen LogP contribution in [0.3, 0.4) is 0 Å². The van der Waals surface area contributed by atoms with Crippen LogP contribution in [0.5, 0.6) is 0 Å². The summed E-state index contributed by atoms with van der Waals surface area (Å²) in [5.74, 6) is 7.50. The molecule has 0 aromatic carbocycles. The molecule has 2 rings (SSSR count). The zero-order chi connectivity index (χ0) is 15.7. The van der Waals surface area contributed by atoms with Gasteiger partial charge in [0.1, 0.15) is 23.1 Å². The summed E-state index contributed by atoms with van der Waals surface area (Å²) in [6, 6.07) is 0. The van der Waals surface area contributed by atoms with Crippen molar-refractivity contribution in [1.82, 2.24) is 9.97 Å². The van der Waals surface area contributed by atoms with Gasteiger partial charge in [0.25, 0.3) is 0 Å². The summed E-state index contributed by atoms with van der Waals surface area (Å²) in [5, 5.41) is 13.5. The van der Waals surface area contributed by atoms with E-state index < -0.39 is 5.60 Å². The molecule has 118 valence electrons. The maximum atomic E-state index is 10.3. The molecule has 1 aromatic rings. The number of aromatic nitrogens is 2. The van der Waals surface area contributed by atoms with Gasteiger partial charge in [-0.15, -0.1) is 0 Å². The number of hydrazine groups is 1. The molecule has 0 bridgehead atoms. The molecule has 1 fully saturated rings. The summed E-state index contributed by atoms with van der Waals surface area (Å²) >= 11 is 0. The fourth-order valence-corrected chi connectivity index (χ4v) is 2.15. The van der Waals surface area contributed by atoms with E-state index in [0.29, 0.717) is 43.6 Å². The number of anilines is 2. The lowest BCUT2D eigenvalue weighted by atomic mass is 9.95. The fourth-order valence-electron chi connectivity index (χ4n) is 2.15. The monoisotopic (exact) mass is 295 g/mol. The Morgan fingerprint density at radius 1 is 1.33 bits per heavy atom. The minimum absolute atomic E-state index is 0.191. The van der Waals surface area contributed by atoms with Gasteiger partial charge in [0.15, 0.2) is 0 Å². The molecule has 1 aromatic heterocycles. The Morgan fingerprint density at radius 3 is 2.52 bits per heavy atom. The number of ether oxygens (including phenoxy) is 1. The van der Waals surface area contributed by atoms with Gasteiger partial charge in [0.2, 0.25) is 0 Å². The molecule has 1 aliphatic rings. The number of nitrogen functional groups attached to an aromatic ring is 1. The van der Waals surface area contributed by atoms with Crippen LogP contribution in [0.1, 0.15) is 38.6 Å². The molecule has 0 saturated carbocycles. The number of nitrogens with two attached hydrogens (primary N) is 1. The van der Waals surface area contributed by atoms with Crippen molar-refractivity contribution < 1.29 is 9.84 Å². The lowest BCUT2D eigenvalue weighted by Gasteiger charge is -2.24. The number of hydrogen-bond acceptors (Lipinski definition) is 7. The summed E-state index contributed by atoms with van der Waals surface area (Å²) in [7, 11) is 0. The second-order valence-corrected chi connectivity index (χ2v) is 6.64. The predicted octanol–water partition coefficient (Wildman–Crippen LogP) is 0.931. The highest BCUT2D eigenvalue weighted by Crippen LogP contribution is 2.27. The van der Waals surface area contributed by atoms with E-state index in [1.54, 1.807) is 0 Å². The molecule has 7 nitrogen and oxygen atoms in total. The first-order valence-corrected chi connectivity index (χ1v) is 7.15. The van der Waals surface area contributed by atoms with E-state index in [2.05, 4.69) is 20.7 Å². The first-order valence-electron chi connectivity index (χ1n) is 7.15. The molecular weight excluding hydrogens is 270 g/mol. The van der Waals surface area contributed by atoms with E-state index in [4.69, 9.17) is 10.6 Å². The Kier molecular flexibility index (Phi) is 4.36. The van der Waals surface area contributed by atoms with Crippen molar-refractivity contribution in [1.29, 1.82) is 0 Å². The minimum Gasteiger partial charge on any atom is -0.386 e. The van der Waals surface area contributed by atoms with Crippen molar-refractivity contribution in [2.75, 3.05) is 30.5 Å². The third-order valence-electron chi connectivity index (χ3n) is 3.62. The van der Waals surface area contributed by atoms with Gasteiger partial charge in [-0.2, -0.15) is 0 Å². The third kappa shape index (κ3) is 3.61. The van der Waals surface area contributed by atoms with Gasteiger partial charge in [-0.25, -0.2) is 15.8 Å². The fraction of sp³-hybridized carbons (Fsp3) is 0.714. The molecular formula is C14H25N5O2. The highest BCUT2D eigenvalue weighted by molar-refractivity contribution is 5.57. The number of hydrogen-bond donors (Lipinski definition) is 4. The first kappa shape index (κ1) is 15.9. The first-order chi connectivity index (χ1) is 9.75. The molecule has 5 N–H and O–H groups in total. The zero-order valence-electron chi connectivity index (χ0n) is 13.2. The van der Waals surface area contributed by atoms with E-state index in [0.717, 1.165) is 5.56 Å². The Balaban J connectivity index is 2.25. The number of nitrogens with zero attached hydrogens (tertiary/aromatic N) is 2. The predicted molar refractivity (Wildman–Crippen MR) is 82.2 cm³/mol. The van der Waals surface area contributed by atoms with Gasteiger partial charge < -0.3 is 20.6 Å². The molecule has 1 atom stereocenters. The van der Waals surface area contributed by atoms with Crippen LogP contribution < -0.4 is 16.6 Å². The van der Waals surface area contributed by atoms with E-state index in [-0.39, 0.29) is 5.41 Å². The molecule has 0 spiro atoms.